The van der Waals surface area contributed by atoms with Crippen molar-refractivity contribution in [2.45, 2.75) is 51.0 Å². The van der Waals surface area contributed by atoms with E-state index in [-0.39, 0.29) is 5.92 Å². The van der Waals surface area contributed by atoms with Crippen molar-refractivity contribution < 1.29 is 9.90 Å². The van der Waals surface area contributed by atoms with Gasteiger partial charge in [0.15, 0.2) is 0 Å². The molecule has 3 nitrogen and oxygen atoms in total. The second-order valence-corrected chi connectivity index (χ2v) is 4.01. The van der Waals surface area contributed by atoms with Gasteiger partial charge in [0.05, 0.1) is 5.92 Å². The third kappa shape index (κ3) is 3.77. The van der Waals surface area contributed by atoms with E-state index in [9.17, 15) is 4.79 Å². The molecule has 0 aromatic rings. The summed E-state index contributed by atoms with van der Waals surface area (Å²) in [6.45, 7) is 0. The third-order valence-electron chi connectivity index (χ3n) is 2.85. The van der Waals surface area contributed by atoms with Crippen LogP contribution in [0.2, 0.25) is 0 Å². The highest BCUT2D eigenvalue weighted by Crippen LogP contribution is 2.21. The van der Waals surface area contributed by atoms with Crippen LogP contribution < -0.4 is 5.73 Å². The predicted octanol–water partition coefficient (Wildman–Crippen LogP) is 1.76. The van der Waals surface area contributed by atoms with Gasteiger partial charge in [-0.2, -0.15) is 0 Å². The standard InChI is InChI=1S/C10H19NO2/c11-9-6-2-1-4-8(10(12)13)5-3-7-9/h8-9H,1-7,11H2,(H,12,13)/t8?,9-/m0/s1. The van der Waals surface area contributed by atoms with Gasteiger partial charge in [0.2, 0.25) is 0 Å². The minimum absolute atomic E-state index is 0.120. The summed E-state index contributed by atoms with van der Waals surface area (Å²) in [4.78, 5) is 10.8. The van der Waals surface area contributed by atoms with Gasteiger partial charge >= 0.3 is 5.97 Å². The van der Waals surface area contributed by atoms with Crippen molar-refractivity contribution in [2.24, 2.45) is 11.7 Å². The van der Waals surface area contributed by atoms with Crippen molar-refractivity contribution in [1.29, 1.82) is 0 Å². The lowest BCUT2D eigenvalue weighted by Gasteiger charge is -2.09. The molecule has 1 saturated carbocycles. The maximum absolute atomic E-state index is 10.8. The number of aliphatic carboxylic acids is 1. The van der Waals surface area contributed by atoms with Crippen LogP contribution in [0.15, 0.2) is 0 Å². The van der Waals surface area contributed by atoms with Crippen molar-refractivity contribution in [1.82, 2.24) is 0 Å². The van der Waals surface area contributed by atoms with E-state index in [2.05, 4.69) is 0 Å². The molecule has 13 heavy (non-hydrogen) atoms. The molecule has 1 rings (SSSR count). The molecule has 0 spiro atoms. The summed E-state index contributed by atoms with van der Waals surface area (Å²) in [5.74, 6) is -0.749. The molecule has 0 heterocycles. The minimum Gasteiger partial charge on any atom is -0.481 e. The zero-order valence-corrected chi connectivity index (χ0v) is 8.04. The Kier molecular flexibility index (Phi) is 4.22. The molecule has 1 aliphatic rings. The number of hydrogen-bond acceptors (Lipinski definition) is 2. The molecular formula is C10H19NO2. The van der Waals surface area contributed by atoms with Crippen molar-refractivity contribution in [3.63, 3.8) is 0 Å². The molecule has 0 amide bonds. The van der Waals surface area contributed by atoms with Gasteiger partial charge in [-0.3, -0.25) is 4.79 Å². The topological polar surface area (TPSA) is 63.3 Å². The molecule has 0 saturated heterocycles. The Hall–Kier alpha value is -0.570. The Morgan fingerprint density at radius 1 is 1.08 bits per heavy atom. The number of rotatable bonds is 1. The second-order valence-electron chi connectivity index (χ2n) is 4.01. The molecule has 0 radical (unpaired) electrons. The zero-order chi connectivity index (χ0) is 9.68. The van der Waals surface area contributed by atoms with Gasteiger partial charge in [0.1, 0.15) is 0 Å². The lowest BCUT2D eigenvalue weighted by molar-refractivity contribution is -0.142. The first-order chi connectivity index (χ1) is 6.20. The minimum atomic E-state index is -0.629. The Morgan fingerprint density at radius 2 is 1.62 bits per heavy atom. The Bertz CT molecular complexity index is 170. The van der Waals surface area contributed by atoms with Gasteiger partial charge in [-0.15, -0.1) is 0 Å². The number of carboxylic acids is 1. The Balaban J connectivity index is 2.38. The zero-order valence-electron chi connectivity index (χ0n) is 8.04. The number of nitrogens with two attached hydrogens (primary N) is 1. The van der Waals surface area contributed by atoms with E-state index in [4.69, 9.17) is 10.8 Å². The van der Waals surface area contributed by atoms with Crippen molar-refractivity contribution in [2.75, 3.05) is 0 Å². The fourth-order valence-electron chi connectivity index (χ4n) is 1.96. The summed E-state index contributed by atoms with van der Waals surface area (Å²) in [6.07, 6.45) is 6.77. The normalized spacial score (nSPS) is 31.5. The molecule has 3 heteroatoms. The summed E-state index contributed by atoms with van der Waals surface area (Å²) in [5.41, 5.74) is 5.85. The molecule has 1 aliphatic carbocycles. The van der Waals surface area contributed by atoms with Crippen LogP contribution in [0.1, 0.15) is 44.9 Å². The van der Waals surface area contributed by atoms with Crippen molar-refractivity contribution >= 4 is 5.97 Å². The first-order valence-corrected chi connectivity index (χ1v) is 5.18. The summed E-state index contributed by atoms with van der Waals surface area (Å²) in [7, 11) is 0. The fourth-order valence-corrected chi connectivity index (χ4v) is 1.96. The van der Waals surface area contributed by atoms with E-state index < -0.39 is 5.97 Å². The number of carboxylic acid groups (broad SMARTS) is 1. The molecular weight excluding hydrogens is 166 g/mol. The second kappa shape index (κ2) is 5.22. The van der Waals surface area contributed by atoms with E-state index in [0.717, 1.165) is 44.9 Å². The number of carbonyl (C=O) groups is 1. The van der Waals surface area contributed by atoms with Crippen LogP contribution in [0.4, 0.5) is 0 Å². The monoisotopic (exact) mass is 185 g/mol. The van der Waals surface area contributed by atoms with Crippen LogP contribution in [-0.2, 0) is 4.79 Å². The van der Waals surface area contributed by atoms with Crippen molar-refractivity contribution in [3.05, 3.63) is 0 Å². The third-order valence-corrected chi connectivity index (χ3v) is 2.85. The summed E-state index contributed by atoms with van der Waals surface area (Å²) in [5, 5.41) is 8.88. The molecule has 2 atom stereocenters. The molecule has 1 fully saturated rings. The highest BCUT2D eigenvalue weighted by molar-refractivity contribution is 5.69. The highest BCUT2D eigenvalue weighted by atomic mass is 16.4. The maximum atomic E-state index is 10.8. The van der Waals surface area contributed by atoms with Gasteiger partial charge in [0, 0.05) is 6.04 Å². The van der Waals surface area contributed by atoms with Gasteiger partial charge in [-0.25, -0.2) is 0 Å². The van der Waals surface area contributed by atoms with Crippen LogP contribution >= 0.6 is 0 Å². The van der Waals surface area contributed by atoms with Gasteiger partial charge in [-0.05, 0) is 25.7 Å². The Labute approximate surface area is 79.3 Å². The van der Waals surface area contributed by atoms with E-state index in [0.29, 0.717) is 6.04 Å². The number of hydrogen-bond donors (Lipinski definition) is 2. The summed E-state index contributed by atoms with van der Waals surface area (Å²) < 4.78 is 0. The van der Waals surface area contributed by atoms with E-state index in [1.807, 2.05) is 0 Å². The largest absolute Gasteiger partial charge is 0.481 e. The first kappa shape index (κ1) is 10.5. The SMILES string of the molecule is N[C@H]1CCCCC(C(=O)O)CCC1. The van der Waals surface area contributed by atoms with Gasteiger partial charge in [-0.1, -0.05) is 19.3 Å². The fraction of sp³-hybridized carbons (Fsp3) is 0.900. The average Bonchev–Trinajstić information content (AvgIpc) is 2.16. The van der Waals surface area contributed by atoms with Crippen LogP contribution in [0.5, 0.6) is 0 Å². The molecule has 0 aromatic carbocycles. The van der Waals surface area contributed by atoms with Crippen LogP contribution in [0, 0.1) is 5.92 Å². The molecule has 3 N–H and O–H groups in total. The van der Waals surface area contributed by atoms with E-state index >= 15 is 0 Å². The summed E-state index contributed by atoms with van der Waals surface area (Å²) in [6, 6.07) is 0.299. The Morgan fingerprint density at radius 3 is 2.31 bits per heavy atom. The van der Waals surface area contributed by atoms with E-state index in [1.165, 1.54) is 0 Å². The molecule has 0 aliphatic heterocycles. The highest BCUT2D eigenvalue weighted by Gasteiger charge is 2.18. The first-order valence-electron chi connectivity index (χ1n) is 5.18. The lowest BCUT2D eigenvalue weighted by atomic mass is 9.97. The predicted molar refractivity (Wildman–Crippen MR) is 51.4 cm³/mol. The lowest BCUT2D eigenvalue weighted by Crippen LogP contribution is -2.19. The van der Waals surface area contributed by atoms with Crippen LogP contribution in [-0.4, -0.2) is 17.1 Å². The molecule has 76 valence electrons. The maximum Gasteiger partial charge on any atom is 0.306 e. The van der Waals surface area contributed by atoms with E-state index in [1.54, 1.807) is 0 Å². The molecule has 0 bridgehead atoms. The average molecular weight is 185 g/mol. The van der Waals surface area contributed by atoms with Gasteiger partial charge < -0.3 is 10.8 Å². The van der Waals surface area contributed by atoms with Crippen LogP contribution in [0.25, 0.3) is 0 Å². The van der Waals surface area contributed by atoms with Crippen molar-refractivity contribution in [3.8, 4) is 0 Å². The van der Waals surface area contributed by atoms with Gasteiger partial charge in [0.25, 0.3) is 0 Å². The summed E-state index contributed by atoms with van der Waals surface area (Å²) >= 11 is 0. The molecule has 0 aromatic heterocycles. The van der Waals surface area contributed by atoms with Crippen LogP contribution in [0.3, 0.4) is 0 Å². The molecule has 1 unspecified atom stereocenters. The smallest absolute Gasteiger partial charge is 0.306 e. The quantitative estimate of drug-likeness (QED) is 0.654.